The molecule has 2 fully saturated rings. The van der Waals surface area contributed by atoms with Gasteiger partial charge in [0.15, 0.2) is 0 Å². The Morgan fingerprint density at radius 2 is 2.29 bits per heavy atom. The summed E-state index contributed by atoms with van der Waals surface area (Å²) >= 11 is 0. The Kier molecular flexibility index (Phi) is 4.24. The van der Waals surface area contributed by atoms with E-state index < -0.39 is 0 Å². The average molecular weight is 329 g/mol. The van der Waals surface area contributed by atoms with Gasteiger partial charge < -0.3 is 14.0 Å². The Morgan fingerprint density at radius 1 is 1.38 bits per heavy atom. The molecule has 2 saturated heterocycles. The van der Waals surface area contributed by atoms with Crippen LogP contribution in [0.15, 0.2) is 29.0 Å². The van der Waals surface area contributed by atoms with Crippen LogP contribution >= 0.6 is 0 Å². The van der Waals surface area contributed by atoms with E-state index in [-0.39, 0.29) is 12.2 Å². The van der Waals surface area contributed by atoms with E-state index in [1.165, 1.54) is 5.56 Å². The van der Waals surface area contributed by atoms with E-state index >= 15 is 0 Å². The minimum Gasteiger partial charge on any atom is -0.485 e. The monoisotopic (exact) mass is 329 g/mol. The van der Waals surface area contributed by atoms with Crippen molar-refractivity contribution in [2.75, 3.05) is 13.2 Å². The molecule has 0 aromatic carbocycles. The summed E-state index contributed by atoms with van der Waals surface area (Å²) in [7, 11) is 0. The number of likely N-dealkylation sites (tertiary alicyclic amines) is 1. The number of aromatic nitrogens is 2. The maximum absolute atomic E-state index is 6.19. The number of aryl methyl sites for hydroxylation is 2. The predicted octanol–water partition coefficient (Wildman–Crippen LogP) is 2.50. The largest absolute Gasteiger partial charge is 0.485 e. The van der Waals surface area contributed by atoms with Crippen LogP contribution in [0.1, 0.15) is 29.9 Å². The number of pyridine rings is 1. The van der Waals surface area contributed by atoms with Crippen LogP contribution in [0, 0.1) is 13.8 Å². The summed E-state index contributed by atoms with van der Waals surface area (Å²) in [5.41, 5.74) is 2.15. The van der Waals surface area contributed by atoms with Gasteiger partial charge in [-0.15, -0.1) is 0 Å². The Hall–Kier alpha value is -1.92. The molecule has 128 valence electrons. The first-order valence-corrected chi connectivity index (χ1v) is 8.56. The van der Waals surface area contributed by atoms with E-state index in [4.69, 9.17) is 14.0 Å². The van der Waals surface area contributed by atoms with Crippen LogP contribution in [0.4, 0.5) is 0 Å². The highest BCUT2D eigenvalue weighted by molar-refractivity contribution is 5.22. The third-order valence-corrected chi connectivity index (χ3v) is 5.05. The molecule has 0 bridgehead atoms. The van der Waals surface area contributed by atoms with Gasteiger partial charge in [-0.2, -0.15) is 0 Å². The maximum Gasteiger partial charge on any atom is 0.139 e. The van der Waals surface area contributed by atoms with Gasteiger partial charge in [0, 0.05) is 37.5 Å². The molecule has 24 heavy (non-hydrogen) atoms. The SMILES string of the molecule is Cc1noc(C)c1CN1C[C@@H](Oc2cccnc2)[C@@H]2OCCC[C@@H]21. The van der Waals surface area contributed by atoms with Gasteiger partial charge in [-0.25, -0.2) is 0 Å². The predicted molar refractivity (Wildman–Crippen MR) is 87.8 cm³/mol. The van der Waals surface area contributed by atoms with Crippen LogP contribution in [0.5, 0.6) is 5.75 Å². The minimum atomic E-state index is 0.0278. The summed E-state index contributed by atoms with van der Waals surface area (Å²) in [6, 6.07) is 4.22. The molecule has 0 aliphatic carbocycles. The quantitative estimate of drug-likeness (QED) is 0.859. The molecule has 0 N–H and O–H groups in total. The summed E-state index contributed by atoms with van der Waals surface area (Å²) in [6.07, 6.45) is 5.89. The van der Waals surface area contributed by atoms with Gasteiger partial charge in [0.25, 0.3) is 0 Å². The fourth-order valence-corrected chi connectivity index (χ4v) is 3.81. The standard InChI is InChI=1S/C18H23N3O3/c1-12-15(13(2)24-20-12)10-21-11-17(18-16(21)6-4-8-22-18)23-14-5-3-7-19-9-14/h3,5,7,9,16-18H,4,6,8,10-11H2,1-2H3/t16-,17+,18+/m0/s1. The molecule has 0 amide bonds. The van der Waals surface area contributed by atoms with Crippen molar-refractivity contribution in [1.82, 2.24) is 15.0 Å². The number of ether oxygens (including phenoxy) is 2. The molecule has 0 unspecified atom stereocenters. The topological polar surface area (TPSA) is 60.6 Å². The fourth-order valence-electron chi connectivity index (χ4n) is 3.81. The van der Waals surface area contributed by atoms with Crippen LogP contribution in [-0.2, 0) is 11.3 Å². The highest BCUT2D eigenvalue weighted by Crippen LogP contribution is 2.33. The Bertz CT molecular complexity index is 669. The normalized spacial score (nSPS) is 27.2. The summed E-state index contributed by atoms with van der Waals surface area (Å²) in [5.74, 6) is 1.70. The molecule has 6 heteroatoms. The molecule has 2 aromatic rings. The second-order valence-corrected chi connectivity index (χ2v) is 6.62. The molecule has 0 radical (unpaired) electrons. The third-order valence-electron chi connectivity index (χ3n) is 5.05. The maximum atomic E-state index is 6.19. The Balaban J connectivity index is 1.53. The zero-order valence-corrected chi connectivity index (χ0v) is 14.1. The van der Waals surface area contributed by atoms with E-state index in [2.05, 4.69) is 15.0 Å². The van der Waals surface area contributed by atoms with Gasteiger partial charge in [-0.1, -0.05) is 5.16 Å². The van der Waals surface area contributed by atoms with Crippen LogP contribution in [-0.4, -0.2) is 46.4 Å². The van der Waals surface area contributed by atoms with Crippen molar-refractivity contribution in [3.05, 3.63) is 41.5 Å². The number of rotatable bonds is 4. The summed E-state index contributed by atoms with van der Waals surface area (Å²) in [5, 5.41) is 4.08. The van der Waals surface area contributed by atoms with E-state index in [1.54, 1.807) is 12.4 Å². The zero-order valence-electron chi connectivity index (χ0n) is 14.1. The lowest BCUT2D eigenvalue weighted by atomic mass is 10.0. The fraction of sp³-hybridized carbons (Fsp3) is 0.556. The molecular weight excluding hydrogens is 306 g/mol. The number of fused-ring (bicyclic) bond motifs is 1. The van der Waals surface area contributed by atoms with E-state index in [9.17, 15) is 0 Å². The lowest BCUT2D eigenvalue weighted by molar-refractivity contribution is -0.0472. The summed E-state index contributed by atoms with van der Waals surface area (Å²) in [4.78, 5) is 6.59. The first kappa shape index (κ1) is 15.6. The van der Waals surface area contributed by atoms with Crippen molar-refractivity contribution in [3.63, 3.8) is 0 Å². The van der Waals surface area contributed by atoms with Crippen molar-refractivity contribution in [3.8, 4) is 5.75 Å². The molecule has 2 aromatic heterocycles. The highest BCUT2D eigenvalue weighted by Gasteiger charge is 2.45. The lowest BCUT2D eigenvalue weighted by Gasteiger charge is -2.32. The lowest BCUT2D eigenvalue weighted by Crippen LogP contribution is -2.42. The Labute approximate surface area is 141 Å². The van der Waals surface area contributed by atoms with Crippen molar-refractivity contribution in [2.45, 2.75) is 51.5 Å². The van der Waals surface area contributed by atoms with E-state index in [1.807, 2.05) is 26.0 Å². The van der Waals surface area contributed by atoms with E-state index in [0.717, 1.165) is 49.7 Å². The van der Waals surface area contributed by atoms with Gasteiger partial charge in [-0.05, 0) is 38.8 Å². The number of hydrogen-bond acceptors (Lipinski definition) is 6. The Morgan fingerprint density at radius 3 is 3.04 bits per heavy atom. The number of hydrogen-bond donors (Lipinski definition) is 0. The van der Waals surface area contributed by atoms with Crippen molar-refractivity contribution in [2.24, 2.45) is 0 Å². The van der Waals surface area contributed by atoms with Gasteiger partial charge in [0.2, 0.25) is 0 Å². The van der Waals surface area contributed by atoms with Crippen LogP contribution in [0.3, 0.4) is 0 Å². The average Bonchev–Trinajstić information content (AvgIpc) is 3.11. The molecule has 2 aliphatic rings. The van der Waals surface area contributed by atoms with Gasteiger partial charge in [0.1, 0.15) is 23.7 Å². The van der Waals surface area contributed by atoms with Crippen molar-refractivity contribution >= 4 is 0 Å². The molecule has 4 rings (SSSR count). The molecular formula is C18H23N3O3. The molecule has 0 saturated carbocycles. The summed E-state index contributed by atoms with van der Waals surface area (Å²) in [6.45, 7) is 6.46. The molecule has 3 atom stereocenters. The minimum absolute atomic E-state index is 0.0278. The van der Waals surface area contributed by atoms with Crippen LogP contribution in [0.25, 0.3) is 0 Å². The second kappa shape index (κ2) is 6.53. The van der Waals surface area contributed by atoms with E-state index in [0.29, 0.717) is 6.04 Å². The van der Waals surface area contributed by atoms with Crippen molar-refractivity contribution in [1.29, 1.82) is 0 Å². The molecule has 4 heterocycles. The molecule has 0 spiro atoms. The van der Waals surface area contributed by atoms with Crippen LogP contribution < -0.4 is 4.74 Å². The van der Waals surface area contributed by atoms with Gasteiger partial charge >= 0.3 is 0 Å². The number of nitrogens with zero attached hydrogens (tertiary/aromatic N) is 3. The smallest absolute Gasteiger partial charge is 0.139 e. The van der Waals surface area contributed by atoms with Crippen LogP contribution in [0.2, 0.25) is 0 Å². The molecule has 6 nitrogen and oxygen atoms in total. The molecule has 2 aliphatic heterocycles. The second-order valence-electron chi connectivity index (χ2n) is 6.62. The van der Waals surface area contributed by atoms with Crippen molar-refractivity contribution < 1.29 is 14.0 Å². The van der Waals surface area contributed by atoms with Gasteiger partial charge in [0.05, 0.1) is 11.9 Å². The first-order valence-electron chi connectivity index (χ1n) is 8.56. The zero-order chi connectivity index (χ0) is 16.5. The highest BCUT2D eigenvalue weighted by atomic mass is 16.5. The third kappa shape index (κ3) is 2.91. The summed E-state index contributed by atoms with van der Waals surface area (Å²) < 4.78 is 17.6. The van der Waals surface area contributed by atoms with Gasteiger partial charge in [-0.3, -0.25) is 9.88 Å². The first-order chi connectivity index (χ1) is 11.7.